The molecule has 1 rings (SSSR count). The summed E-state index contributed by atoms with van der Waals surface area (Å²) >= 11 is 0. The van der Waals surface area contributed by atoms with Gasteiger partial charge in [0.1, 0.15) is 6.10 Å². The van der Waals surface area contributed by atoms with E-state index in [0.29, 0.717) is 12.7 Å². The van der Waals surface area contributed by atoms with E-state index in [-0.39, 0.29) is 12.4 Å². The van der Waals surface area contributed by atoms with Gasteiger partial charge in [-0.15, -0.1) is 0 Å². The largest absolute Gasteiger partial charge is 0.379 e. The average Bonchev–Trinajstić information content (AvgIpc) is 3.45. The standard InChI is InChI=1S/C20H40O5/c1-4-5-6-7-8-9-10-12-18(25-17-20(21-2)22-3)13-11-14-23-15-19-16-24-19/h18-20H,4-17H2,1-3H3. The molecule has 0 spiro atoms. The lowest BCUT2D eigenvalue weighted by Crippen LogP contribution is -2.25. The van der Waals surface area contributed by atoms with Crippen molar-refractivity contribution in [1.82, 2.24) is 0 Å². The van der Waals surface area contributed by atoms with E-state index in [1.807, 2.05) is 0 Å². The van der Waals surface area contributed by atoms with E-state index < -0.39 is 0 Å². The second-order valence-corrected chi connectivity index (χ2v) is 6.94. The van der Waals surface area contributed by atoms with Crippen LogP contribution >= 0.6 is 0 Å². The molecule has 1 aliphatic rings. The van der Waals surface area contributed by atoms with E-state index in [4.69, 9.17) is 23.7 Å². The van der Waals surface area contributed by atoms with Crippen LogP contribution in [0, 0.1) is 0 Å². The fraction of sp³-hybridized carbons (Fsp3) is 1.00. The number of methoxy groups -OCH3 is 2. The second kappa shape index (κ2) is 16.0. The quantitative estimate of drug-likeness (QED) is 0.195. The number of epoxide rings is 1. The maximum atomic E-state index is 6.04. The van der Waals surface area contributed by atoms with Crippen molar-refractivity contribution in [2.24, 2.45) is 0 Å². The van der Waals surface area contributed by atoms with Crippen molar-refractivity contribution >= 4 is 0 Å². The Bertz CT molecular complexity index is 279. The monoisotopic (exact) mass is 360 g/mol. The first-order chi connectivity index (χ1) is 12.3. The van der Waals surface area contributed by atoms with Crippen molar-refractivity contribution in [1.29, 1.82) is 0 Å². The van der Waals surface area contributed by atoms with Gasteiger partial charge in [-0.3, -0.25) is 0 Å². The Balaban J connectivity index is 2.11. The zero-order valence-electron chi connectivity index (χ0n) is 16.7. The minimum Gasteiger partial charge on any atom is -0.379 e. The zero-order valence-corrected chi connectivity index (χ0v) is 16.7. The van der Waals surface area contributed by atoms with Crippen molar-refractivity contribution in [3.05, 3.63) is 0 Å². The lowest BCUT2D eigenvalue weighted by molar-refractivity contribution is -0.153. The summed E-state index contributed by atoms with van der Waals surface area (Å²) in [4.78, 5) is 0. The molecule has 1 saturated heterocycles. The number of rotatable bonds is 19. The molecule has 2 unspecified atom stereocenters. The highest BCUT2D eigenvalue weighted by Crippen LogP contribution is 2.16. The van der Waals surface area contributed by atoms with E-state index >= 15 is 0 Å². The summed E-state index contributed by atoms with van der Waals surface area (Å²) in [5, 5.41) is 0. The molecular weight excluding hydrogens is 320 g/mol. The molecule has 0 saturated carbocycles. The Morgan fingerprint density at radius 3 is 2.20 bits per heavy atom. The van der Waals surface area contributed by atoms with Crippen molar-refractivity contribution < 1.29 is 23.7 Å². The Kier molecular flexibility index (Phi) is 14.6. The van der Waals surface area contributed by atoms with Gasteiger partial charge in [0.2, 0.25) is 0 Å². The topological polar surface area (TPSA) is 49.5 Å². The van der Waals surface area contributed by atoms with Crippen LogP contribution in [0.25, 0.3) is 0 Å². The molecule has 0 bridgehead atoms. The highest BCUT2D eigenvalue weighted by Gasteiger charge is 2.22. The lowest BCUT2D eigenvalue weighted by Gasteiger charge is -2.21. The first kappa shape index (κ1) is 22.8. The van der Waals surface area contributed by atoms with E-state index in [1.54, 1.807) is 14.2 Å². The van der Waals surface area contributed by atoms with E-state index in [1.165, 1.54) is 44.9 Å². The Labute approximate surface area is 154 Å². The molecule has 0 N–H and O–H groups in total. The fourth-order valence-corrected chi connectivity index (χ4v) is 2.88. The van der Waals surface area contributed by atoms with Crippen LogP contribution in [0.5, 0.6) is 0 Å². The lowest BCUT2D eigenvalue weighted by atomic mass is 10.0. The van der Waals surface area contributed by atoms with Gasteiger partial charge >= 0.3 is 0 Å². The molecule has 5 heteroatoms. The van der Waals surface area contributed by atoms with Gasteiger partial charge in [0.25, 0.3) is 0 Å². The molecule has 1 heterocycles. The first-order valence-electron chi connectivity index (χ1n) is 10.2. The number of unbranched alkanes of at least 4 members (excludes halogenated alkanes) is 6. The Morgan fingerprint density at radius 2 is 1.56 bits per heavy atom. The van der Waals surface area contributed by atoms with Gasteiger partial charge in [-0.1, -0.05) is 51.9 Å². The fourth-order valence-electron chi connectivity index (χ4n) is 2.88. The van der Waals surface area contributed by atoms with Crippen molar-refractivity contribution in [2.75, 3.05) is 40.6 Å². The molecule has 0 aromatic carbocycles. The molecule has 0 aromatic heterocycles. The maximum Gasteiger partial charge on any atom is 0.180 e. The van der Waals surface area contributed by atoms with Crippen LogP contribution in [-0.4, -0.2) is 59.1 Å². The Hall–Kier alpha value is -0.200. The molecular formula is C20H40O5. The second-order valence-electron chi connectivity index (χ2n) is 6.94. The summed E-state index contributed by atoms with van der Waals surface area (Å²) < 4.78 is 27.3. The van der Waals surface area contributed by atoms with Crippen LogP contribution in [0.15, 0.2) is 0 Å². The molecule has 150 valence electrons. The van der Waals surface area contributed by atoms with Crippen LogP contribution in [-0.2, 0) is 23.7 Å². The number of hydrogen-bond acceptors (Lipinski definition) is 5. The molecule has 0 aliphatic carbocycles. The Morgan fingerprint density at radius 1 is 0.920 bits per heavy atom. The zero-order chi connectivity index (χ0) is 18.2. The summed E-state index contributed by atoms with van der Waals surface area (Å²) in [7, 11) is 3.30. The number of ether oxygens (including phenoxy) is 5. The van der Waals surface area contributed by atoms with Crippen LogP contribution < -0.4 is 0 Å². The first-order valence-corrected chi connectivity index (χ1v) is 10.2. The normalized spacial score (nSPS) is 18.0. The summed E-state index contributed by atoms with van der Waals surface area (Å²) in [6.07, 6.45) is 12.8. The predicted molar refractivity (Wildman–Crippen MR) is 99.9 cm³/mol. The summed E-state index contributed by atoms with van der Waals surface area (Å²) in [6, 6.07) is 0. The van der Waals surface area contributed by atoms with E-state index in [2.05, 4.69) is 6.92 Å². The molecule has 25 heavy (non-hydrogen) atoms. The van der Waals surface area contributed by atoms with Crippen molar-refractivity contribution in [2.45, 2.75) is 89.6 Å². The molecule has 1 fully saturated rings. The van der Waals surface area contributed by atoms with Crippen LogP contribution in [0.3, 0.4) is 0 Å². The van der Waals surface area contributed by atoms with Gasteiger partial charge in [-0.2, -0.15) is 0 Å². The molecule has 0 amide bonds. The van der Waals surface area contributed by atoms with Crippen molar-refractivity contribution in [3.8, 4) is 0 Å². The maximum absolute atomic E-state index is 6.04. The van der Waals surface area contributed by atoms with Gasteiger partial charge < -0.3 is 23.7 Å². The van der Waals surface area contributed by atoms with Gasteiger partial charge in [0.05, 0.1) is 25.9 Å². The molecule has 0 aromatic rings. The van der Waals surface area contributed by atoms with Crippen LogP contribution in [0.2, 0.25) is 0 Å². The van der Waals surface area contributed by atoms with Gasteiger partial charge in [-0.25, -0.2) is 0 Å². The molecule has 5 nitrogen and oxygen atoms in total. The smallest absolute Gasteiger partial charge is 0.180 e. The third-order valence-corrected chi connectivity index (χ3v) is 4.64. The average molecular weight is 361 g/mol. The minimum atomic E-state index is -0.278. The minimum absolute atomic E-state index is 0.268. The van der Waals surface area contributed by atoms with Gasteiger partial charge in [-0.05, 0) is 19.3 Å². The molecule has 2 atom stereocenters. The number of hydrogen-bond donors (Lipinski definition) is 0. The summed E-state index contributed by atoms with van der Waals surface area (Å²) in [5.41, 5.74) is 0. The third-order valence-electron chi connectivity index (χ3n) is 4.64. The van der Waals surface area contributed by atoms with Gasteiger partial charge in [0.15, 0.2) is 6.29 Å². The molecule has 1 aliphatic heterocycles. The van der Waals surface area contributed by atoms with Gasteiger partial charge in [0, 0.05) is 20.8 Å². The predicted octanol–water partition coefficient (Wildman–Crippen LogP) is 4.33. The summed E-state index contributed by atoms with van der Waals surface area (Å²) in [5.74, 6) is 0. The molecule has 0 radical (unpaired) electrons. The summed E-state index contributed by atoms with van der Waals surface area (Å²) in [6.45, 7) is 5.13. The van der Waals surface area contributed by atoms with Crippen LogP contribution in [0.4, 0.5) is 0 Å². The third kappa shape index (κ3) is 13.6. The highest BCUT2D eigenvalue weighted by atomic mass is 16.7. The van der Waals surface area contributed by atoms with E-state index in [9.17, 15) is 0 Å². The van der Waals surface area contributed by atoms with E-state index in [0.717, 1.165) is 39.1 Å². The highest BCUT2D eigenvalue weighted by molar-refractivity contribution is 4.67. The van der Waals surface area contributed by atoms with Crippen LogP contribution in [0.1, 0.15) is 71.1 Å². The SMILES string of the molecule is CCCCCCCCCC(CCCOCC1CO1)OCC(OC)OC. The van der Waals surface area contributed by atoms with Crippen molar-refractivity contribution in [3.63, 3.8) is 0 Å².